The molecule has 6 heteroatoms. The Morgan fingerprint density at radius 2 is 2.18 bits per heavy atom. The van der Waals surface area contributed by atoms with Crippen LogP contribution in [0.2, 0.25) is 5.02 Å². The van der Waals surface area contributed by atoms with Gasteiger partial charge in [0.15, 0.2) is 0 Å². The lowest BCUT2D eigenvalue weighted by Gasteiger charge is -2.08. The van der Waals surface area contributed by atoms with E-state index in [-0.39, 0.29) is 24.3 Å². The summed E-state index contributed by atoms with van der Waals surface area (Å²) in [5.41, 5.74) is 0.388. The molecule has 2 amide bonds. The number of carbonyl (C=O) groups is 2. The van der Waals surface area contributed by atoms with Crippen LogP contribution in [0.25, 0.3) is 0 Å². The molecule has 17 heavy (non-hydrogen) atoms. The van der Waals surface area contributed by atoms with E-state index in [2.05, 4.69) is 15.6 Å². The molecule has 0 radical (unpaired) electrons. The topological polar surface area (TPSA) is 74.0 Å². The molecule has 1 rings (SSSR count). The second-order valence-electron chi connectivity index (χ2n) is 3.96. The first-order chi connectivity index (χ1) is 7.99. The minimum absolute atomic E-state index is 0.0789. The van der Waals surface area contributed by atoms with Crippen LogP contribution in [0.5, 0.6) is 0 Å². The van der Waals surface area contributed by atoms with Crippen molar-refractivity contribution in [2.24, 2.45) is 0 Å². The van der Waals surface area contributed by atoms with E-state index in [4.69, 9.17) is 11.6 Å². The number of nitrogens with one attached hydrogen (secondary N) is 3. The third kappa shape index (κ3) is 4.91. The van der Waals surface area contributed by atoms with Gasteiger partial charge in [-0.2, -0.15) is 0 Å². The Morgan fingerprint density at radius 3 is 2.71 bits per heavy atom. The van der Waals surface area contributed by atoms with Crippen molar-refractivity contribution in [1.29, 1.82) is 0 Å². The van der Waals surface area contributed by atoms with Crippen LogP contribution in [0.1, 0.15) is 30.8 Å². The fourth-order valence-electron chi connectivity index (χ4n) is 1.28. The predicted molar refractivity (Wildman–Crippen MR) is 66.0 cm³/mol. The molecule has 1 aromatic heterocycles. The number of amides is 2. The first kappa shape index (κ1) is 13.6. The molecule has 0 bridgehead atoms. The van der Waals surface area contributed by atoms with E-state index < -0.39 is 0 Å². The zero-order chi connectivity index (χ0) is 12.8. The minimum Gasteiger partial charge on any atom is -0.356 e. The third-order valence-electron chi connectivity index (χ3n) is 1.98. The maximum atomic E-state index is 11.5. The van der Waals surface area contributed by atoms with Gasteiger partial charge in [-0.05, 0) is 19.9 Å². The lowest BCUT2D eigenvalue weighted by molar-refractivity contribution is -0.121. The number of carbonyl (C=O) groups excluding carboxylic acids is 2. The molecule has 5 nitrogen and oxygen atoms in total. The molecule has 0 aliphatic heterocycles. The summed E-state index contributed by atoms with van der Waals surface area (Å²) >= 11 is 5.67. The van der Waals surface area contributed by atoms with Crippen molar-refractivity contribution in [3.8, 4) is 0 Å². The van der Waals surface area contributed by atoms with Gasteiger partial charge in [0.2, 0.25) is 5.91 Å². The second kappa shape index (κ2) is 6.30. The van der Waals surface area contributed by atoms with Gasteiger partial charge in [0, 0.05) is 25.2 Å². The zero-order valence-corrected chi connectivity index (χ0v) is 10.6. The first-order valence-corrected chi connectivity index (χ1v) is 5.78. The summed E-state index contributed by atoms with van der Waals surface area (Å²) in [6.07, 6.45) is 1.79. The fourth-order valence-corrected chi connectivity index (χ4v) is 1.44. The van der Waals surface area contributed by atoms with Gasteiger partial charge in [-0.1, -0.05) is 11.6 Å². The van der Waals surface area contributed by atoms with Gasteiger partial charge < -0.3 is 15.6 Å². The number of halogens is 1. The maximum Gasteiger partial charge on any atom is 0.267 e. The number of aromatic amines is 1. The largest absolute Gasteiger partial charge is 0.356 e. The molecule has 0 fully saturated rings. The quantitative estimate of drug-likeness (QED) is 0.744. The summed E-state index contributed by atoms with van der Waals surface area (Å²) in [6.45, 7) is 4.07. The van der Waals surface area contributed by atoms with Crippen molar-refractivity contribution < 1.29 is 9.59 Å². The van der Waals surface area contributed by atoms with Gasteiger partial charge in [0.05, 0.1) is 5.02 Å². The molecule has 0 aliphatic carbocycles. The van der Waals surface area contributed by atoms with Crippen molar-refractivity contribution in [2.45, 2.75) is 26.3 Å². The maximum absolute atomic E-state index is 11.5. The van der Waals surface area contributed by atoms with Gasteiger partial charge in [-0.3, -0.25) is 9.59 Å². The van der Waals surface area contributed by atoms with E-state index in [1.807, 2.05) is 13.8 Å². The summed E-state index contributed by atoms with van der Waals surface area (Å²) in [5.74, 6) is -0.348. The van der Waals surface area contributed by atoms with Crippen LogP contribution in [-0.4, -0.2) is 29.4 Å². The SMILES string of the molecule is CC(C)NC(=O)CCNC(=O)c1cc(Cl)c[nH]1. The monoisotopic (exact) mass is 257 g/mol. The highest BCUT2D eigenvalue weighted by Crippen LogP contribution is 2.08. The van der Waals surface area contributed by atoms with E-state index in [0.29, 0.717) is 17.3 Å². The summed E-state index contributed by atoms with van der Waals surface area (Å²) in [4.78, 5) is 25.5. The van der Waals surface area contributed by atoms with Gasteiger partial charge in [0.25, 0.3) is 5.91 Å². The highest BCUT2D eigenvalue weighted by atomic mass is 35.5. The molecule has 0 spiro atoms. The lowest BCUT2D eigenvalue weighted by atomic mass is 10.3. The fraction of sp³-hybridized carbons (Fsp3) is 0.455. The Kier molecular flexibility index (Phi) is 5.03. The van der Waals surface area contributed by atoms with E-state index in [1.165, 1.54) is 12.3 Å². The molecule has 0 unspecified atom stereocenters. The average molecular weight is 258 g/mol. The van der Waals surface area contributed by atoms with E-state index in [1.54, 1.807) is 0 Å². The Labute approximate surface area is 105 Å². The van der Waals surface area contributed by atoms with Gasteiger partial charge >= 0.3 is 0 Å². The molecule has 0 saturated carbocycles. The van der Waals surface area contributed by atoms with Crippen LogP contribution in [0.15, 0.2) is 12.3 Å². The number of H-pyrrole nitrogens is 1. The summed E-state index contributed by atoms with van der Waals surface area (Å²) < 4.78 is 0. The van der Waals surface area contributed by atoms with Crippen LogP contribution < -0.4 is 10.6 Å². The molecule has 0 aliphatic rings. The van der Waals surface area contributed by atoms with E-state index >= 15 is 0 Å². The number of rotatable bonds is 5. The molecule has 0 aromatic carbocycles. The second-order valence-corrected chi connectivity index (χ2v) is 4.40. The summed E-state index contributed by atoms with van der Waals surface area (Å²) in [5, 5.41) is 5.85. The molecule has 1 aromatic rings. The highest BCUT2D eigenvalue weighted by Gasteiger charge is 2.08. The zero-order valence-electron chi connectivity index (χ0n) is 9.84. The van der Waals surface area contributed by atoms with Crippen molar-refractivity contribution in [1.82, 2.24) is 15.6 Å². The minimum atomic E-state index is -0.269. The van der Waals surface area contributed by atoms with Gasteiger partial charge in [-0.15, -0.1) is 0 Å². The normalized spacial score (nSPS) is 10.4. The van der Waals surface area contributed by atoms with Crippen LogP contribution in [0, 0.1) is 0 Å². The smallest absolute Gasteiger partial charge is 0.267 e. The molecule has 1 heterocycles. The number of hydrogen-bond acceptors (Lipinski definition) is 2. The Bertz CT molecular complexity index is 401. The van der Waals surface area contributed by atoms with Crippen molar-refractivity contribution in [2.75, 3.05) is 6.54 Å². The van der Waals surface area contributed by atoms with Crippen LogP contribution in [0.4, 0.5) is 0 Å². The predicted octanol–water partition coefficient (Wildman–Crippen LogP) is 1.31. The van der Waals surface area contributed by atoms with Crippen LogP contribution >= 0.6 is 11.6 Å². The average Bonchev–Trinajstić information content (AvgIpc) is 2.63. The first-order valence-electron chi connectivity index (χ1n) is 5.40. The number of hydrogen-bond donors (Lipinski definition) is 3. The van der Waals surface area contributed by atoms with Gasteiger partial charge in [0.1, 0.15) is 5.69 Å². The molecule has 3 N–H and O–H groups in total. The van der Waals surface area contributed by atoms with Crippen molar-refractivity contribution in [3.63, 3.8) is 0 Å². The Morgan fingerprint density at radius 1 is 1.47 bits per heavy atom. The standard InChI is InChI=1S/C11H16ClN3O2/c1-7(2)15-10(16)3-4-13-11(17)9-5-8(12)6-14-9/h5-7,14H,3-4H2,1-2H3,(H,13,17)(H,15,16). The van der Waals surface area contributed by atoms with Crippen molar-refractivity contribution in [3.05, 3.63) is 23.0 Å². The molecular formula is C11H16ClN3O2. The third-order valence-corrected chi connectivity index (χ3v) is 2.20. The highest BCUT2D eigenvalue weighted by molar-refractivity contribution is 6.30. The summed E-state index contributed by atoms with van der Waals surface area (Å²) in [6, 6.07) is 1.64. The lowest BCUT2D eigenvalue weighted by Crippen LogP contribution is -2.34. The van der Waals surface area contributed by atoms with Crippen LogP contribution in [0.3, 0.4) is 0 Å². The molecule has 94 valence electrons. The number of aromatic nitrogens is 1. The summed E-state index contributed by atoms with van der Waals surface area (Å²) in [7, 11) is 0. The molecule has 0 saturated heterocycles. The van der Waals surface area contributed by atoms with E-state index in [9.17, 15) is 9.59 Å². The van der Waals surface area contributed by atoms with E-state index in [0.717, 1.165) is 0 Å². The van der Waals surface area contributed by atoms with Crippen molar-refractivity contribution >= 4 is 23.4 Å². The van der Waals surface area contributed by atoms with Crippen LogP contribution in [-0.2, 0) is 4.79 Å². The van der Waals surface area contributed by atoms with Gasteiger partial charge in [-0.25, -0.2) is 0 Å². The molecular weight excluding hydrogens is 242 g/mol. The molecule has 0 atom stereocenters. The Hall–Kier alpha value is -1.49. The Balaban J connectivity index is 2.27.